The normalized spacial score (nSPS) is 21.6. The Hall–Kier alpha value is -0.930. The Bertz CT molecular complexity index is 348. The zero-order valence-electron chi connectivity index (χ0n) is 10.8. The summed E-state index contributed by atoms with van der Waals surface area (Å²) in [5.74, 6) is 0.600. The number of hydrogen-bond donors (Lipinski definition) is 1. The lowest BCUT2D eigenvalue weighted by Crippen LogP contribution is -2.30. The maximum absolute atomic E-state index is 5.52. The zero-order chi connectivity index (χ0) is 12.1. The van der Waals surface area contributed by atoms with E-state index in [0.717, 1.165) is 32.6 Å². The van der Waals surface area contributed by atoms with Crippen LogP contribution in [-0.2, 0) is 4.74 Å². The Labute approximate surface area is 104 Å². The van der Waals surface area contributed by atoms with E-state index < -0.39 is 0 Å². The average Bonchev–Trinajstić information content (AvgIpc) is 2.85. The number of pyridine rings is 1. The van der Waals surface area contributed by atoms with Crippen molar-refractivity contribution in [1.82, 2.24) is 10.3 Å². The van der Waals surface area contributed by atoms with Crippen molar-refractivity contribution in [3.8, 4) is 0 Å². The molecule has 0 aliphatic carbocycles. The average molecular weight is 234 g/mol. The Morgan fingerprint density at radius 3 is 3.12 bits per heavy atom. The smallest absolute Gasteiger partial charge is 0.0513 e. The number of aromatic nitrogens is 1. The molecule has 94 valence electrons. The summed E-state index contributed by atoms with van der Waals surface area (Å²) in [6, 6.07) is 2.56. The van der Waals surface area contributed by atoms with Gasteiger partial charge < -0.3 is 10.1 Å². The van der Waals surface area contributed by atoms with Crippen LogP contribution in [0.5, 0.6) is 0 Å². The highest BCUT2D eigenvalue weighted by atomic mass is 16.5. The summed E-state index contributed by atoms with van der Waals surface area (Å²) >= 11 is 0. The SMILES string of the molecule is CCCNC(c1ccncc1C)C1CCOC1. The molecule has 0 spiro atoms. The number of rotatable bonds is 5. The first-order valence-corrected chi connectivity index (χ1v) is 6.54. The highest BCUT2D eigenvalue weighted by Crippen LogP contribution is 2.30. The van der Waals surface area contributed by atoms with Gasteiger partial charge in [-0.1, -0.05) is 6.92 Å². The first-order chi connectivity index (χ1) is 8.33. The van der Waals surface area contributed by atoms with E-state index in [9.17, 15) is 0 Å². The number of ether oxygens (including phenoxy) is 1. The molecule has 1 aliphatic rings. The van der Waals surface area contributed by atoms with E-state index in [1.807, 2.05) is 12.4 Å². The second-order valence-electron chi connectivity index (χ2n) is 4.79. The third kappa shape index (κ3) is 3.05. The minimum Gasteiger partial charge on any atom is -0.381 e. The van der Waals surface area contributed by atoms with Crippen LogP contribution in [0.4, 0.5) is 0 Å². The van der Waals surface area contributed by atoms with E-state index in [0.29, 0.717) is 12.0 Å². The van der Waals surface area contributed by atoms with Gasteiger partial charge in [-0.15, -0.1) is 0 Å². The molecule has 0 radical (unpaired) electrons. The Morgan fingerprint density at radius 1 is 1.59 bits per heavy atom. The van der Waals surface area contributed by atoms with E-state index in [1.165, 1.54) is 11.1 Å². The number of hydrogen-bond acceptors (Lipinski definition) is 3. The largest absolute Gasteiger partial charge is 0.381 e. The molecule has 1 N–H and O–H groups in total. The van der Waals surface area contributed by atoms with E-state index in [2.05, 4.69) is 30.2 Å². The van der Waals surface area contributed by atoms with Crippen LogP contribution in [0.3, 0.4) is 0 Å². The predicted octanol–water partition coefficient (Wildman–Crippen LogP) is 2.47. The lowest BCUT2D eigenvalue weighted by atomic mass is 9.90. The van der Waals surface area contributed by atoms with Gasteiger partial charge in [-0.2, -0.15) is 0 Å². The summed E-state index contributed by atoms with van der Waals surface area (Å²) in [5, 5.41) is 3.66. The third-order valence-corrected chi connectivity index (χ3v) is 3.45. The van der Waals surface area contributed by atoms with Crippen molar-refractivity contribution in [1.29, 1.82) is 0 Å². The van der Waals surface area contributed by atoms with Crippen molar-refractivity contribution < 1.29 is 4.74 Å². The quantitative estimate of drug-likeness (QED) is 0.850. The molecule has 1 aromatic heterocycles. The molecule has 1 fully saturated rings. The first kappa shape index (κ1) is 12.5. The van der Waals surface area contributed by atoms with E-state index in [4.69, 9.17) is 4.74 Å². The van der Waals surface area contributed by atoms with Crippen molar-refractivity contribution in [3.63, 3.8) is 0 Å². The molecule has 1 aromatic rings. The highest BCUT2D eigenvalue weighted by Gasteiger charge is 2.27. The molecule has 2 atom stereocenters. The molecule has 17 heavy (non-hydrogen) atoms. The van der Waals surface area contributed by atoms with E-state index >= 15 is 0 Å². The van der Waals surface area contributed by atoms with Gasteiger partial charge in [-0.05, 0) is 43.5 Å². The fourth-order valence-corrected chi connectivity index (χ4v) is 2.48. The minimum atomic E-state index is 0.417. The number of nitrogens with zero attached hydrogens (tertiary/aromatic N) is 1. The maximum Gasteiger partial charge on any atom is 0.0513 e. The van der Waals surface area contributed by atoms with Crippen molar-refractivity contribution in [2.75, 3.05) is 19.8 Å². The van der Waals surface area contributed by atoms with Gasteiger partial charge in [0.25, 0.3) is 0 Å². The first-order valence-electron chi connectivity index (χ1n) is 6.54. The number of nitrogens with one attached hydrogen (secondary N) is 1. The van der Waals surface area contributed by atoms with E-state index in [-0.39, 0.29) is 0 Å². The summed E-state index contributed by atoms with van der Waals surface area (Å²) in [7, 11) is 0. The van der Waals surface area contributed by atoms with Gasteiger partial charge in [-0.25, -0.2) is 0 Å². The van der Waals surface area contributed by atoms with Gasteiger partial charge in [0.2, 0.25) is 0 Å². The second-order valence-corrected chi connectivity index (χ2v) is 4.79. The standard InChI is InChI=1S/C14H22N2O/c1-3-6-16-14(12-5-8-17-10-12)13-4-7-15-9-11(13)2/h4,7,9,12,14,16H,3,5-6,8,10H2,1-2H3. The number of aryl methyl sites for hydroxylation is 1. The lowest BCUT2D eigenvalue weighted by Gasteiger charge is -2.25. The zero-order valence-corrected chi connectivity index (χ0v) is 10.8. The van der Waals surface area contributed by atoms with Crippen molar-refractivity contribution in [3.05, 3.63) is 29.6 Å². The summed E-state index contributed by atoms with van der Waals surface area (Å²) in [4.78, 5) is 4.18. The Morgan fingerprint density at radius 2 is 2.47 bits per heavy atom. The molecule has 0 aromatic carbocycles. The van der Waals surface area contributed by atoms with Gasteiger partial charge >= 0.3 is 0 Å². The van der Waals surface area contributed by atoms with Gasteiger partial charge in [0.05, 0.1) is 6.61 Å². The summed E-state index contributed by atoms with van der Waals surface area (Å²) in [6.45, 7) is 7.18. The van der Waals surface area contributed by atoms with Crippen LogP contribution in [0.2, 0.25) is 0 Å². The molecular weight excluding hydrogens is 212 g/mol. The van der Waals surface area contributed by atoms with Gasteiger partial charge in [0.15, 0.2) is 0 Å². The molecule has 3 nitrogen and oxygen atoms in total. The molecule has 0 bridgehead atoms. The van der Waals surface area contributed by atoms with Gasteiger partial charge in [0, 0.05) is 31.0 Å². The Kier molecular flexibility index (Phi) is 4.51. The molecule has 2 rings (SSSR count). The topological polar surface area (TPSA) is 34.2 Å². The Balaban J connectivity index is 2.16. The fraction of sp³-hybridized carbons (Fsp3) is 0.643. The third-order valence-electron chi connectivity index (χ3n) is 3.45. The summed E-state index contributed by atoms with van der Waals surface area (Å²) in [6.07, 6.45) is 6.15. The van der Waals surface area contributed by atoms with Gasteiger partial charge in [0.1, 0.15) is 0 Å². The van der Waals surface area contributed by atoms with Crippen LogP contribution in [0.1, 0.15) is 36.9 Å². The molecule has 3 heteroatoms. The molecular formula is C14H22N2O. The lowest BCUT2D eigenvalue weighted by molar-refractivity contribution is 0.176. The fourth-order valence-electron chi connectivity index (χ4n) is 2.48. The van der Waals surface area contributed by atoms with Crippen molar-refractivity contribution >= 4 is 0 Å². The predicted molar refractivity (Wildman–Crippen MR) is 68.9 cm³/mol. The molecule has 2 heterocycles. The molecule has 0 amide bonds. The monoisotopic (exact) mass is 234 g/mol. The molecule has 1 aliphatic heterocycles. The van der Waals surface area contributed by atoms with Crippen LogP contribution in [-0.4, -0.2) is 24.7 Å². The molecule has 0 saturated carbocycles. The molecule has 1 saturated heterocycles. The summed E-state index contributed by atoms with van der Waals surface area (Å²) < 4.78 is 5.52. The van der Waals surface area contributed by atoms with Crippen LogP contribution in [0, 0.1) is 12.8 Å². The van der Waals surface area contributed by atoms with Gasteiger partial charge in [-0.3, -0.25) is 4.98 Å². The van der Waals surface area contributed by atoms with Crippen molar-refractivity contribution in [2.45, 2.75) is 32.7 Å². The van der Waals surface area contributed by atoms with Crippen LogP contribution in [0.15, 0.2) is 18.5 Å². The highest BCUT2D eigenvalue weighted by molar-refractivity contribution is 5.26. The molecule has 2 unspecified atom stereocenters. The van der Waals surface area contributed by atoms with Crippen molar-refractivity contribution in [2.24, 2.45) is 5.92 Å². The maximum atomic E-state index is 5.52. The second kappa shape index (κ2) is 6.12. The van der Waals surface area contributed by atoms with E-state index in [1.54, 1.807) is 0 Å². The minimum absolute atomic E-state index is 0.417. The summed E-state index contributed by atoms with van der Waals surface area (Å²) in [5.41, 5.74) is 2.65. The van der Waals surface area contributed by atoms with Crippen LogP contribution >= 0.6 is 0 Å². The van der Waals surface area contributed by atoms with Crippen LogP contribution < -0.4 is 5.32 Å². The van der Waals surface area contributed by atoms with Crippen LogP contribution in [0.25, 0.3) is 0 Å².